The van der Waals surface area contributed by atoms with Crippen molar-refractivity contribution in [2.24, 2.45) is 0 Å². The molecule has 0 unspecified atom stereocenters. The summed E-state index contributed by atoms with van der Waals surface area (Å²) in [5.74, 6) is -0.0817. The van der Waals surface area contributed by atoms with Crippen molar-refractivity contribution in [3.63, 3.8) is 0 Å². The molecule has 0 spiro atoms. The smallest absolute Gasteiger partial charge is 0.178 e. The number of imidazole rings is 1. The van der Waals surface area contributed by atoms with Gasteiger partial charge < -0.3 is 4.98 Å². The van der Waals surface area contributed by atoms with Crippen LogP contribution < -0.4 is 0 Å². The van der Waals surface area contributed by atoms with E-state index in [1.165, 1.54) is 0 Å². The van der Waals surface area contributed by atoms with Gasteiger partial charge in [-0.05, 0) is 36.8 Å². The number of aromatic amines is 2. The minimum atomic E-state index is -0.485. The van der Waals surface area contributed by atoms with Crippen LogP contribution >= 0.6 is 0 Å². The average molecular weight is 422 g/mol. The summed E-state index contributed by atoms with van der Waals surface area (Å²) in [7, 11) is 0. The number of pyridine rings is 4. The van der Waals surface area contributed by atoms with Gasteiger partial charge >= 0.3 is 0 Å². The maximum atomic E-state index is 15.7. The lowest BCUT2D eigenvalue weighted by Gasteiger charge is -2.06. The van der Waals surface area contributed by atoms with Crippen molar-refractivity contribution in [2.75, 3.05) is 0 Å². The molecule has 0 fully saturated rings. The second-order valence-corrected chi connectivity index (χ2v) is 7.33. The Bertz CT molecular complexity index is 1600. The van der Waals surface area contributed by atoms with Gasteiger partial charge in [0.25, 0.3) is 0 Å². The zero-order valence-electron chi connectivity index (χ0n) is 16.8. The predicted molar refractivity (Wildman–Crippen MR) is 118 cm³/mol. The Labute approximate surface area is 180 Å². The number of H-pyrrole nitrogens is 2. The lowest BCUT2D eigenvalue weighted by atomic mass is 10.1. The van der Waals surface area contributed by atoms with Crippen LogP contribution in [-0.4, -0.2) is 40.1 Å². The molecular formula is C23H15FN8. The van der Waals surface area contributed by atoms with E-state index >= 15 is 4.39 Å². The summed E-state index contributed by atoms with van der Waals surface area (Å²) < 4.78 is 15.7. The molecule has 32 heavy (non-hydrogen) atoms. The highest BCUT2D eigenvalue weighted by Gasteiger charge is 2.22. The van der Waals surface area contributed by atoms with Crippen LogP contribution in [0.15, 0.2) is 61.3 Å². The van der Waals surface area contributed by atoms with E-state index in [9.17, 15) is 0 Å². The van der Waals surface area contributed by atoms with Crippen molar-refractivity contribution in [1.29, 1.82) is 0 Å². The number of rotatable bonds is 3. The second kappa shape index (κ2) is 7.02. The highest BCUT2D eigenvalue weighted by atomic mass is 19.1. The zero-order chi connectivity index (χ0) is 21.7. The quantitative estimate of drug-likeness (QED) is 0.436. The molecule has 0 amide bonds. The first kappa shape index (κ1) is 18.3. The standard InChI is InChI=1S/C23H15FN8/c1-12-5-8-25-10-14(12)19-18(24)17-16(11-28-19)31-32-21(17)23-29-20-13(6-9-27-22(20)30-23)15-4-2-3-7-26-15/h2-11H,1H3,(H,31,32)(H,27,29,30). The van der Waals surface area contributed by atoms with Crippen LogP contribution in [0.4, 0.5) is 4.39 Å². The van der Waals surface area contributed by atoms with E-state index in [1.54, 1.807) is 31.0 Å². The van der Waals surface area contributed by atoms with E-state index in [4.69, 9.17) is 0 Å². The molecule has 2 N–H and O–H groups in total. The van der Waals surface area contributed by atoms with Crippen molar-refractivity contribution in [3.05, 3.63) is 72.7 Å². The molecule has 0 aromatic carbocycles. The Morgan fingerprint density at radius 2 is 1.81 bits per heavy atom. The largest absolute Gasteiger partial charge is 0.335 e. The van der Waals surface area contributed by atoms with Gasteiger partial charge in [0, 0.05) is 35.9 Å². The molecule has 0 aliphatic heterocycles. The fourth-order valence-corrected chi connectivity index (χ4v) is 3.80. The number of nitrogens with zero attached hydrogens (tertiary/aromatic N) is 6. The van der Waals surface area contributed by atoms with Crippen LogP contribution in [0, 0.1) is 12.7 Å². The van der Waals surface area contributed by atoms with Gasteiger partial charge in [-0.2, -0.15) is 5.10 Å². The van der Waals surface area contributed by atoms with E-state index in [0.717, 1.165) is 16.8 Å². The number of hydrogen-bond donors (Lipinski definition) is 2. The molecule has 6 aromatic rings. The highest BCUT2D eigenvalue weighted by Crippen LogP contribution is 2.34. The SMILES string of the molecule is Cc1ccncc1-c1ncc2[nH]nc(-c3nc4nccc(-c5ccccn5)c4[nH]3)c2c1F. The number of hydrogen-bond acceptors (Lipinski definition) is 6. The average Bonchev–Trinajstić information content (AvgIpc) is 3.45. The van der Waals surface area contributed by atoms with Crippen LogP contribution in [0.3, 0.4) is 0 Å². The second-order valence-electron chi connectivity index (χ2n) is 7.33. The van der Waals surface area contributed by atoms with Crippen LogP contribution in [0.2, 0.25) is 0 Å². The Morgan fingerprint density at radius 3 is 2.66 bits per heavy atom. The van der Waals surface area contributed by atoms with Gasteiger partial charge in [0.1, 0.15) is 11.4 Å². The number of aromatic nitrogens is 8. The van der Waals surface area contributed by atoms with Crippen LogP contribution in [-0.2, 0) is 0 Å². The van der Waals surface area contributed by atoms with Crippen LogP contribution in [0.5, 0.6) is 0 Å². The number of nitrogens with one attached hydrogen (secondary N) is 2. The van der Waals surface area contributed by atoms with Crippen LogP contribution in [0.25, 0.3) is 56.1 Å². The highest BCUT2D eigenvalue weighted by molar-refractivity contribution is 5.96. The van der Waals surface area contributed by atoms with E-state index < -0.39 is 5.82 Å². The molecule has 0 bridgehead atoms. The predicted octanol–water partition coefficient (Wildman–Crippen LogP) is 4.47. The van der Waals surface area contributed by atoms with E-state index in [1.807, 2.05) is 37.3 Å². The molecule has 0 atom stereocenters. The fraction of sp³-hybridized carbons (Fsp3) is 0.0435. The first-order valence-corrected chi connectivity index (χ1v) is 9.91. The topological polar surface area (TPSA) is 109 Å². The van der Waals surface area contributed by atoms with E-state index in [0.29, 0.717) is 39.1 Å². The number of fused-ring (bicyclic) bond motifs is 2. The molecule has 6 rings (SSSR count). The molecule has 0 aliphatic carbocycles. The summed E-state index contributed by atoms with van der Waals surface area (Å²) in [6.07, 6.45) is 8.24. The Kier molecular flexibility index (Phi) is 4.00. The summed E-state index contributed by atoms with van der Waals surface area (Å²) in [4.78, 5) is 25.0. The van der Waals surface area contributed by atoms with Crippen molar-refractivity contribution in [1.82, 2.24) is 40.1 Å². The van der Waals surface area contributed by atoms with Crippen LogP contribution in [0.1, 0.15) is 5.56 Å². The Morgan fingerprint density at radius 1 is 0.875 bits per heavy atom. The summed E-state index contributed by atoms with van der Waals surface area (Å²) >= 11 is 0. The lowest BCUT2D eigenvalue weighted by molar-refractivity contribution is 0.638. The first-order chi connectivity index (χ1) is 15.7. The normalized spacial score (nSPS) is 11.4. The van der Waals surface area contributed by atoms with E-state index in [-0.39, 0.29) is 5.69 Å². The first-order valence-electron chi connectivity index (χ1n) is 9.91. The summed E-state index contributed by atoms with van der Waals surface area (Å²) in [5, 5.41) is 7.48. The van der Waals surface area contributed by atoms with E-state index in [2.05, 4.69) is 40.1 Å². The van der Waals surface area contributed by atoms with Gasteiger partial charge in [0.2, 0.25) is 0 Å². The maximum Gasteiger partial charge on any atom is 0.178 e. The van der Waals surface area contributed by atoms with Gasteiger partial charge in [-0.15, -0.1) is 0 Å². The molecule has 0 saturated heterocycles. The van der Waals surface area contributed by atoms with Crippen molar-refractivity contribution in [3.8, 4) is 34.0 Å². The number of halogens is 1. The summed E-state index contributed by atoms with van der Waals surface area (Å²) in [5.41, 5.74) is 5.39. The molecular weight excluding hydrogens is 407 g/mol. The summed E-state index contributed by atoms with van der Waals surface area (Å²) in [6, 6.07) is 9.36. The Balaban J connectivity index is 1.56. The molecule has 154 valence electrons. The van der Waals surface area contributed by atoms with Crippen molar-refractivity contribution < 1.29 is 4.39 Å². The van der Waals surface area contributed by atoms with Gasteiger partial charge in [0.15, 0.2) is 17.3 Å². The minimum absolute atomic E-state index is 0.217. The fourth-order valence-electron chi connectivity index (χ4n) is 3.80. The third kappa shape index (κ3) is 2.75. The molecule has 0 radical (unpaired) electrons. The zero-order valence-corrected chi connectivity index (χ0v) is 16.8. The molecule has 0 aliphatic rings. The lowest BCUT2D eigenvalue weighted by Crippen LogP contribution is -1.94. The van der Waals surface area contributed by atoms with Gasteiger partial charge in [0.05, 0.1) is 28.3 Å². The van der Waals surface area contributed by atoms with Crippen molar-refractivity contribution in [2.45, 2.75) is 6.92 Å². The molecule has 8 nitrogen and oxygen atoms in total. The third-order valence-corrected chi connectivity index (χ3v) is 5.40. The van der Waals surface area contributed by atoms with Gasteiger partial charge in [-0.3, -0.25) is 20.1 Å². The molecule has 0 saturated carbocycles. The van der Waals surface area contributed by atoms with Gasteiger partial charge in [-0.1, -0.05) is 6.07 Å². The Hall–Kier alpha value is -4.53. The summed E-state index contributed by atoms with van der Waals surface area (Å²) in [6.45, 7) is 1.89. The molecule has 6 heterocycles. The number of aryl methyl sites for hydroxylation is 1. The third-order valence-electron chi connectivity index (χ3n) is 5.40. The van der Waals surface area contributed by atoms with Gasteiger partial charge in [-0.25, -0.2) is 14.4 Å². The molecule has 6 aromatic heterocycles. The minimum Gasteiger partial charge on any atom is -0.335 e. The monoisotopic (exact) mass is 422 g/mol. The maximum absolute atomic E-state index is 15.7. The van der Waals surface area contributed by atoms with Crippen molar-refractivity contribution >= 4 is 22.1 Å². The molecule has 9 heteroatoms.